The topological polar surface area (TPSA) is 79.3 Å². The first-order valence-corrected chi connectivity index (χ1v) is 16.6. The van der Waals surface area contributed by atoms with Gasteiger partial charge in [-0.3, -0.25) is 9.82 Å². The second-order valence-electron chi connectivity index (χ2n) is 10.8. The van der Waals surface area contributed by atoms with Gasteiger partial charge >= 0.3 is 0 Å². The number of benzene rings is 2. The highest BCUT2D eigenvalue weighted by atomic mass is 32.2. The van der Waals surface area contributed by atoms with Crippen LogP contribution in [0.25, 0.3) is 16.7 Å². The molecular weight excluding hydrogens is 504 g/mol. The molecule has 4 aromatic rings. The number of hydrogen-bond donors (Lipinski definition) is 2. The molecule has 4 rings (SSSR count). The van der Waals surface area contributed by atoms with Crippen molar-refractivity contribution in [2.45, 2.75) is 115 Å². The summed E-state index contributed by atoms with van der Waals surface area (Å²) in [5.41, 5.74) is 3.84. The van der Waals surface area contributed by atoms with E-state index >= 15 is 0 Å². The van der Waals surface area contributed by atoms with Crippen molar-refractivity contribution < 1.29 is 8.42 Å². The van der Waals surface area contributed by atoms with Gasteiger partial charge in [0.05, 0.1) is 21.6 Å². The number of nitrogens with one attached hydrogen (secondary N) is 2. The van der Waals surface area contributed by atoms with E-state index in [-0.39, 0.29) is 4.90 Å². The van der Waals surface area contributed by atoms with Crippen LogP contribution in [0.5, 0.6) is 0 Å². The van der Waals surface area contributed by atoms with E-state index in [0.29, 0.717) is 11.3 Å². The van der Waals surface area contributed by atoms with Crippen molar-refractivity contribution in [3.63, 3.8) is 0 Å². The Morgan fingerprint density at radius 2 is 1.26 bits per heavy atom. The number of sulfonamides is 1. The summed E-state index contributed by atoms with van der Waals surface area (Å²) in [4.78, 5) is 4.99. The second kappa shape index (κ2) is 15.1. The van der Waals surface area contributed by atoms with Crippen LogP contribution in [0.4, 0.5) is 5.69 Å². The normalized spacial score (nSPS) is 12.0. The summed E-state index contributed by atoms with van der Waals surface area (Å²) in [6, 6.07) is 16.4. The van der Waals surface area contributed by atoms with Crippen molar-refractivity contribution >= 4 is 32.4 Å². The maximum Gasteiger partial charge on any atom is 0.262 e. The SMILES string of the molecule is CCCCCCCCCCCCCCCCCc1[nH]n2c(nc3ccccc32)c1NS(=O)(=O)c1ccccc1. The van der Waals surface area contributed by atoms with Crippen LogP contribution in [-0.2, 0) is 16.4 Å². The van der Waals surface area contributed by atoms with Gasteiger partial charge in [-0.05, 0) is 37.1 Å². The number of hydrogen-bond acceptors (Lipinski definition) is 3. The predicted octanol–water partition coefficient (Wildman–Crippen LogP) is 9.03. The van der Waals surface area contributed by atoms with E-state index in [0.717, 1.165) is 36.0 Å². The van der Waals surface area contributed by atoms with Crippen LogP contribution in [0.15, 0.2) is 59.5 Å². The number of imidazole rings is 1. The number of para-hydroxylation sites is 2. The third-order valence-corrected chi connectivity index (χ3v) is 9.02. The summed E-state index contributed by atoms with van der Waals surface area (Å²) in [5.74, 6) is 0. The second-order valence-corrected chi connectivity index (χ2v) is 12.5. The maximum atomic E-state index is 13.2. The summed E-state index contributed by atoms with van der Waals surface area (Å²) >= 11 is 0. The van der Waals surface area contributed by atoms with E-state index in [1.165, 1.54) is 83.5 Å². The molecular formula is C32H46N4O2S. The Kier molecular flexibility index (Phi) is 11.3. The molecule has 0 aliphatic rings. The number of aromatic amines is 1. The summed E-state index contributed by atoms with van der Waals surface area (Å²) in [5, 5.41) is 3.44. The van der Waals surface area contributed by atoms with Crippen molar-refractivity contribution in [1.29, 1.82) is 0 Å². The Hall–Kier alpha value is -2.80. The number of nitrogens with zero attached hydrogens (tertiary/aromatic N) is 2. The van der Waals surface area contributed by atoms with Gasteiger partial charge in [0.1, 0.15) is 5.69 Å². The van der Waals surface area contributed by atoms with Gasteiger partial charge in [-0.2, -0.15) is 0 Å². The average molecular weight is 551 g/mol. The van der Waals surface area contributed by atoms with E-state index in [9.17, 15) is 8.42 Å². The number of fused-ring (bicyclic) bond motifs is 3. The van der Waals surface area contributed by atoms with Crippen LogP contribution in [0, 0.1) is 0 Å². The van der Waals surface area contributed by atoms with Crippen LogP contribution >= 0.6 is 0 Å². The molecule has 0 bridgehead atoms. The lowest BCUT2D eigenvalue weighted by atomic mass is 10.0. The molecule has 39 heavy (non-hydrogen) atoms. The highest BCUT2D eigenvalue weighted by Crippen LogP contribution is 2.29. The Labute approximate surface area is 234 Å². The van der Waals surface area contributed by atoms with Crippen LogP contribution in [0.2, 0.25) is 0 Å². The van der Waals surface area contributed by atoms with E-state index < -0.39 is 10.0 Å². The van der Waals surface area contributed by atoms with Gasteiger partial charge in [0.15, 0.2) is 5.65 Å². The smallest absolute Gasteiger partial charge is 0.262 e. The zero-order valence-electron chi connectivity index (χ0n) is 23.6. The maximum absolute atomic E-state index is 13.2. The molecule has 2 aromatic heterocycles. The lowest BCUT2D eigenvalue weighted by Crippen LogP contribution is -2.14. The molecule has 0 spiro atoms. The Balaban J connectivity index is 1.24. The average Bonchev–Trinajstić information content (AvgIpc) is 3.47. The predicted molar refractivity (Wildman–Crippen MR) is 163 cm³/mol. The number of unbranched alkanes of at least 4 members (excludes halogenated alkanes) is 14. The van der Waals surface area contributed by atoms with Crippen molar-refractivity contribution in [2.75, 3.05) is 4.72 Å². The molecule has 2 aromatic carbocycles. The van der Waals surface area contributed by atoms with E-state index in [2.05, 4.69) is 16.7 Å². The number of aryl methyl sites for hydroxylation is 1. The summed E-state index contributed by atoms with van der Waals surface area (Å²) in [7, 11) is -3.72. The van der Waals surface area contributed by atoms with Gasteiger partial charge in [0.25, 0.3) is 10.0 Å². The molecule has 0 atom stereocenters. The van der Waals surface area contributed by atoms with Crippen LogP contribution < -0.4 is 4.72 Å². The molecule has 2 N–H and O–H groups in total. The number of H-pyrrole nitrogens is 1. The highest BCUT2D eigenvalue weighted by molar-refractivity contribution is 7.92. The standard InChI is InChI=1S/C32H46N4O2S/c1-2-3-4-5-6-7-8-9-10-11-12-13-14-15-19-25-29-31(35-39(37,38)27-22-17-16-18-23-27)32-33-28-24-20-21-26-30(28)36(32)34-29/h16-18,20-24,26,34-35H,2-15,19,25H2,1H3. The van der Waals surface area contributed by atoms with Gasteiger partial charge in [-0.15, -0.1) is 0 Å². The van der Waals surface area contributed by atoms with Crippen molar-refractivity contribution in [3.05, 3.63) is 60.3 Å². The van der Waals surface area contributed by atoms with Gasteiger partial charge in [-0.1, -0.05) is 127 Å². The first-order chi connectivity index (χ1) is 19.1. The van der Waals surface area contributed by atoms with Crippen LogP contribution in [-0.4, -0.2) is 23.0 Å². The Morgan fingerprint density at radius 3 is 1.87 bits per heavy atom. The zero-order chi connectivity index (χ0) is 27.3. The van der Waals surface area contributed by atoms with Crippen molar-refractivity contribution in [1.82, 2.24) is 14.6 Å². The minimum Gasteiger partial charge on any atom is -0.294 e. The molecule has 0 saturated heterocycles. The largest absolute Gasteiger partial charge is 0.294 e. The number of anilines is 1. The Morgan fingerprint density at radius 1 is 0.718 bits per heavy atom. The fourth-order valence-electron chi connectivity index (χ4n) is 5.39. The van der Waals surface area contributed by atoms with Crippen LogP contribution in [0.1, 0.15) is 109 Å². The number of aromatic nitrogens is 3. The molecule has 0 aliphatic carbocycles. The Bertz CT molecular complexity index is 1380. The lowest BCUT2D eigenvalue weighted by Gasteiger charge is -2.09. The van der Waals surface area contributed by atoms with E-state index in [1.54, 1.807) is 24.3 Å². The summed E-state index contributed by atoms with van der Waals surface area (Å²) in [6.45, 7) is 2.28. The van der Waals surface area contributed by atoms with E-state index in [4.69, 9.17) is 4.98 Å². The monoisotopic (exact) mass is 550 g/mol. The minimum absolute atomic E-state index is 0.249. The molecule has 0 aliphatic heterocycles. The quantitative estimate of drug-likeness (QED) is 0.114. The molecule has 2 heterocycles. The number of rotatable bonds is 19. The fourth-order valence-corrected chi connectivity index (χ4v) is 6.50. The molecule has 0 unspecified atom stereocenters. The highest BCUT2D eigenvalue weighted by Gasteiger charge is 2.22. The third-order valence-electron chi connectivity index (χ3n) is 7.65. The first kappa shape index (κ1) is 29.2. The van der Waals surface area contributed by atoms with Gasteiger partial charge in [-0.25, -0.2) is 17.9 Å². The molecule has 0 saturated carbocycles. The molecule has 6 nitrogen and oxygen atoms in total. The molecule has 0 radical (unpaired) electrons. The lowest BCUT2D eigenvalue weighted by molar-refractivity contribution is 0.532. The molecule has 0 amide bonds. The minimum atomic E-state index is -3.72. The van der Waals surface area contributed by atoms with E-state index in [1.807, 2.05) is 34.8 Å². The summed E-state index contributed by atoms with van der Waals surface area (Å²) in [6.07, 6.45) is 20.6. The molecule has 7 heteroatoms. The van der Waals surface area contributed by atoms with Crippen molar-refractivity contribution in [2.24, 2.45) is 0 Å². The zero-order valence-corrected chi connectivity index (χ0v) is 24.4. The van der Waals surface area contributed by atoms with Gasteiger partial charge < -0.3 is 0 Å². The summed E-state index contributed by atoms with van der Waals surface area (Å²) < 4.78 is 31.1. The fraction of sp³-hybridized carbons (Fsp3) is 0.531. The first-order valence-electron chi connectivity index (χ1n) is 15.2. The van der Waals surface area contributed by atoms with Gasteiger partial charge in [0, 0.05) is 0 Å². The molecule has 0 fully saturated rings. The van der Waals surface area contributed by atoms with Crippen molar-refractivity contribution in [3.8, 4) is 0 Å². The van der Waals surface area contributed by atoms with Gasteiger partial charge in [0.2, 0.25) is 0 Å². The third kappa shape index (κ3) is 8.34. The molecule has 212 valence electrons. The van der Waals surface area contributed by atoms with Crippen LogP contribution in [0.3, 0.4) is 0 Å².